The summed E-state index contributed by atoms with van der Waals surface area (Å²) in [7, 11) is 0. The van der Waals surface area contributed by atoms with Crippen molar-refractivity contribution in [2.24, 2.45) is 0 Å². The molecule has 0 saturated carbocycles. The highest BCUT2D eigenvalue weighted by Crippen LogP contribution is 2.35. The van der Waals surface area contributed by atoms with Gasteiger partial charge in [0.25, 0.3) is 5.91 Å². The van der Waals surface area contributed by atoms with Gasteiger partial charge in [-0.2, -0.15) is 24.5 Å². The summed E-state index contributed by atoms with van der Waals surface area (Å²) < 4.78 is 37.6. The first-order chi connectivity index (χ1) is 9.79. The van der Waals surface area contributed by atoms with Crippen LogP contribution >= 0.6 is 11.3 Å². The summed E-state index contributed by atoms with van der Waals surface area (Å²) in [5, 5.41) is 15.8. The standard InChI is InChI=1S/C14H12F3NO2S/c1-8(10-4-5-21-7-10)18-13(20)9-2-3-11(12(19)6-9)14(15,16)17/h2-8,19H,1H3,(H,18,20). The molecule has 0 spiro atoms. The number of rotatable bonds is 3. The summed E-state index contributed by atoms with van der Waals surface area (Å²) in [6, 6.07) is 4.13. The van der Waals surface area contributed by atoms with E-state index in [-0.39, 0.29) is 11.6 Å². The molecule has 1 atom stereocenters. The summed E-state index contributed by atoms with van der Waals surface area (Å²) in [6.07, 6.45) is -4.65. The van der Waals surface area contributed by atoms with E-state index in [2.05, 4.69) is 5.32 Å². The average Bonchev–Trinajstić information content (AvgIpc) is 2.90. The molecule has 2 aromatic rings. The molecule has 0 aliphatic heterocycles. The van der Waals surface area contributed by atoms with Gasteiger partial charge in [-0.1, -0.05) is 0 Å². The number of carbonyl (C=O) groups excluding carboxylic acids is 1. The Balaban J connectivity index is 2.15. The number of hydrogen-bond acceptors (Lipinski definition) is 3. The van der Waals surface area contributed by atoms with Gasteiger partial charge in [0, 0.05) is 5.56 Å². The number of thiophene rings is 1. The van der Waals surface area contributed by atoms with E-state index in [1.807, 2.05) is 16.8 Å². The van der Waals surface area contributed by atoms with Crippen molar-refractivity contribution in [3.05, 3.63) is 51.7 Å². The van der Waals surface area contributed by atoms with E-state index >= 15 is 0 Å². The van der Waals surface area contributed by atoms with Gasteiger partial charge in [-0.05, 0) is 47.5 Å². The molecule has 0 aliphatic carbocycles. The van der Waals surface area contributed by atoms with Gasteiger partial charge in [0.2, 0.25) is 0 Å². The van der Waals surface area contributed by atoms with Crippen LogP contribution in [0.15, 0.2) is 35.0 Å². The van der Waals surface area contributed by atoms with Crippen molar-refractivity contribution in [1.29, 1.82) is 0 Å². The lowest BCUT2D eigenvalue weighted by Crippen LogP contribution is -2.26. The highest BCUT2D eigenvalue weighted by molar-refractivity contribution is 7.07. The minimum absolute atomic E-state index is 0.0254. The number of hydrogen-bond donors (Lipinski definition) is 2. The summed E-state index contributed by atoms with van der Waals surface area (Å²) >= 11 is 1.48. The number of nitrogens with one attached hydrogen (secondary N) is 1. The van der Waals surface area contributed by atoms with Gasteiger partial charge < -0.3 is 10.4 Å². The molecule has 7 heteroatoms. The van der Waals surface area contributed by atoms with Crippen LogP contribution in [0.5, 0.6) is 5.75 Å². The summed E-state index contributed by atoms with van der Waals surface area (Å²) in [6.45, 7) is 1.77. The molecular formula is C14H12F3NO2S. The van der Waals surface area contributed by atoms with Crippen LogP contribution in [0.4, 0.5) is 13.2 Å². The highest BCUT2D eigenvalue weighted by Gasteiger charge is 2.34. The van der Waals surface area contributed by atoms with Crippen molar-refractivity contribution in [1.82, 2.24) is 5.32 Å². The molecular weight excluding hydrogens is 303 g/mol. The number of phenolic OH excluding ortho intramolecular Hbond substituents is 1. The van der Waals surface area contributed by atoms with Crippen LogP contribution in [0, 0.1) is 0 Å². The number of alkyl halides is 3. The fraction of sp³-hybridized carbons (Fsp3) is 0.214. The predicted molar refractivity (Wildman–Crippen MR) is 73.3 cm³/mol. The molecule has 3 nitrogen and oxygen atoms in total. The normalized spacial score (nSPS) is 13.0. The lowest BCUT2D eigenvalue weighted by atomic mass is 10.1. The third-order valence-electron chi connectivity index (χ3n) is 2.96. The smallest absolute Gasteiger partial charge is 0.419 e. The van der Waals surface area contributed by atoms with Crippen molar-refractivity contribution in [2.45, 2.75) is 19.1 Å². The lowest BCUT2D eigenvalue weighted by Gasteiger charge is -2.14. The first-order valence-corrected chi connectivity index (χ1v) is 6.96. The lowest BCUT2D eigenvalue weighted by molar-refractivity contribution is -0.138. The van der Waals surface area contributed by atoms with Crippen LogP contribution in [-0.2, 0) is 6.18 Å². The zero-order valence-corrected chi connectivity index (χ0v) is 11.8. The summed E-state index contributed by atoms with van der Waals surface area (Å²) in [5.41, 5.74) is -0.281. The molecule has 0 aliphatic rings. The monoisotopic (exact) mass is 315 g/mol. The first-order valence-electron chi connectivity index (χ1n) is 6.02. The number of amides is 1. The Hall–Kier alpha value is -2.02. The van der Waals surface area contributed by atoms with Crippen molar-refractivity contribution < 1.29 is 23.1 Å². The minimum atomic E-state index is -4.65. The van der Waals surface area contributed by atoms with Crippen LogP contribution in [0.2, 0.25) is 0 Å². The second-order valence-electron chi connectivity index (χ2n) is 4.48. The van der Waals surface area contributed by atoms with E-state index in [1.165, 1.54) is 11.3 Å². The predicted octanol–water partition coefficient (Wildman–Crippen LogP) is 3.96. The van der Waals surface area contributed by atoms with E-state index in [9.17, 15) is 23.1 Å². The van der Waals surface area contributed by atoms with Crippen LogP contribution in [0.25, 0.3) is 0 Å². The molecule has 1 amide bonds. The van der Waals surface area contributed by atoms with Crippen molar-refractivity contribution in [2.75, 3.05) is 0 Å². The van der Waals surface area contributed by atoms with Crippen LogP contribution in [-0.4, -0.2) is 11.0 Å². The summed E-state index contributed by atoms with van der Waals surface area (Å²) in [5.74, 6) is -1.50. The van der Waals surface area contributed by atoms with Gasteiger partial charge in [-0.15, -0.1) is 0 Å². The molecule has 2 rings (SSSR count). The Morgan fingerprint density at radius 2 is 2.05 bits per heavy atom. The Morgan fingerprint density at radius 1 is 1.33 bits per heavy atom. The zero-order chi connectivity index (χ0) is 15.6. The second-order valence-corrected chi connectivity index (χ2v) is 5.26. The Bertz CT molecular complexity index is 638. The largest absolute Gasteiger partial charge is 0.507 e. The topological polar surface area (TPSA) is 49.3 Å². The molecule has 21 heavy (non-hydrogen) atoms. The Kier molecular flexibility index (Phi) is 4.22. The van der Waals surface area contributed by atoms with E-state index in [1.54, 1.807) is 6.92 Å². The number of aromatic hydroxyl groups is 1. The maximum Gasteiger partial charge on any atom is 0.419 e. The highest BCUT2D eigenvalue weighted by atomic mass is 32.1. The third-order valence-corrected chi connectivity index (χ3v) is 3.66. The van der Waals surface area contributed by atoms with Crippen LogP contribution in [0.1, 0.15) is 34.5 Å². The number of benzene rings is 1. The molecule has 2 N–H and O–H groups in total. The molecule has 1 aromatic carbocycles. The SMILES string of the molecule is CC(NC(=O)c1ccc(C(F)(F)F)c(O)c1)c1ccsc1. The Labute approximate surface area is 123 Å². The maximum atomic E-state index is 12.5. The fourth-order valence-electron chi connectivity index (χ4n) is 1.80. The van der Waals surface area contributed by atoms with Crippen LogP contribution < -0.4 is 5.32 Å². The molecule has 1 unspecified atom stereocenters. The van der Waals surface area contributed by atoms with Crippen molar-refractivity contribution >= 4 is 17.2 Å². The zero-order valence-electron chi connectivity index (χ0n) is 10.9. The average molecular weight is 315 g/mol. The van der Waals surface area contributed by atoms with E-state index in [0.717, 1.165) is 17.7 Å². The van der Waals surface area contributed by atoms with Crippen molar-refractivity contribution in [3.63, 3.8) is 0 Å². The fourth-order valence-corrected chi connectivity index (χ4v) is 2.55. The third kappa shape index (κ3) is 3.55. The van der Waals surface area contributed by atoms with E-state index in [4.69, 9.17) is 0 Å². The number of phenols is 1. The first kappa shape index (κ1) is 15.4. The van der Waals surface area contributed by atoms with Gasteiger partial charge >= 0.3 is 6.18 Å². The molecule has 0 radical (unpaired) electrons. The van der Waals surface area contributed by atoms with Gasteiger partial charge in [-0.25, -0.2) is 0 Å². The van der Waals surface area contributed by atoms with Gasteiger partial charge in [-0.3, -0.25) is 4.79 Å². The molecule has 1 aromatic heterocycles. The minimum Gasteiger partial charge on any atom is -0.507 e. The van der Waals surface area contributed by atoms with Gasteiger partial charge in [0.1, 0.15) is 5.75 Å². The van der Waals surface area contributed by atoms with Gasteiger partial charge in [0.05, 0.1) is 11.6 Å². The van der Waals surface area contributed by atoms with Gasteiger partial charge in [0.15, 0.2) is 0 Å². The van der Waals surface area contributed by atoms with Crippen molar-refractivity contribution in [3.8, 4) is 5.75 Å². The number of halogens is 3. The molecule has 0 saturated heterocycles. The van der Waals surface area contributed by atoms with E-state index in [0.29, 0.717) is 6.07 Å². The van der Waals surface area contributed by atoms with E-state index < -0.39 is 23.4 Å². The summed E-state index contributed by atoms with van der Waals surface area (Å²) in [4.78, 5) is 12.0. The molecule has 0 bridgehead atoms. The molecule has 1 heterocycles. The second kappa shape index (κ2) is 5.77. The quantitative estimate of drug-likeness (QED) is 0.900. The molecule has 0 fully saturated rings. The maximum absolute atomic E-state index is 12.5. The number of carbonyl (C=O) groups is 1. The van der Waals surface area contributed by atoms with Crippen LogP contribution in [0.3, 0.4) is 0 Å². The Morgan fingerprint density at radius 3 is 2.57 bits per heavy atom. The molecule has 112 valence electrons.